The first kappa shape index (κ1) is 17.6. The lowest BCUT2D eigenvalue weighted by molar-refractivity contribution is -0.143. The summed E-state index contributed by atoms with van der Waals surface area (Å²) in [6, 6.07) is -0.590. The predicted molar refractivity (Wildman–Crippen MR) is 80.7 cm³/mol. The number of nitrogens with zero attached hydrogens (tertiary/aromatic N) is 3. The van der Waals surface area contributed by atoms with Crippen LogP contribution in [-0.4, -0.2) is 90.5 Å². The van der Waals surface area contributed by atoms with Gasteiger partial charge in [0.15, 0.2) is 0 Å². The van der Waals surface area contributed by atoms with E-state index in [1.54, 1.807) is 11.8 Å². The molecule has 0 amide bonds. The molecule has 128 valence electrons. The zero-order valence-electron chi connectivity index (χ0n) is 13.3. The number of carbonyl (C=O) groups is 1. The molecule has 22 heavy (non-hydrogen) atoms. The lowest BCUT2D eigenvalue weighted by Crippen LogP contribution is -2.58. The lowest BCUT2D eigenvalue weighted by atomic mass is 10.2. The minimum atomic E-state index is -3.51. The summed E-state index contributed by atoms with van der Waals surface area (Å²) in [4.78, 5) is 12.8. The van der Waals surface area contributed by atoms with E-state index in [2.05, 4.69) is 0 Å². The third-order valence-corrected chi connectivity index (χ3v) is 6.19. The topological polar surface area (TPSA) is 90.4 Å². The van der Waals surface area contributed by atoms with Crippen molar-refractivity contribution in [3.63, 3.8) is 0 Å². The van der Waals surface area contributed by atoms with E-state index in [4.69, 9.17) is 9.84 Å². The van der Waals surface area contributed by atoms with Crippen LogP contribution < -0.4 is 0 Å². The number of morpholine rings is 1. The number of carboxylic acids is 1. The van der Waals surface area contributed by atoms with Gasteiger partial charge in [0.1, 0.15) is 6.04 Å². The molecule has 2 saturated heterocycles. The zero-order chi connectivity index (χ0) is 16.5. The quantitative estimate of drug-likeness (QED) is 0.740. The molecule has 0 saturated carbocycles. The number of carboxylic acid groups (broad SMARTS) is 1. The van der Waals surface area contributed by atoms with Crippen LogP contribution in [0.4, 0.5) is 0 Å². The van der Waals surface area contributed by atoms with Gasteiger partial charge in [0.2, 0.25) is 0 Å². The van der Waals surface area contributed by atoms with Crippen molar-refractivity contribution < 1.29 is 23.1 Å². The number of aliphatic carboxylic acids is 1. The van der Waals surface area contributed by atoms with Crippen LogP contribution >= 0.6 is 0 Å². The van der Waals surface area contributed by atoms with Crippen molar-refractivity contribution in [2.75, 3.05) is 39.3 Å². The maximum absolute atomic E-state index is 12.7. The van der Waals surface area contributed by atoms with Crippen LogP contribution in [0.25, 0.3) is 0 Å². The summed E-state index contributed by atoms with van der Waals surface area (Å²) in [5.74, 6) is -0.882. The first-order valence-electron chi connectivity index (χ1n) is 7.59. The molecule has 2 fully saturated rings. The van der Waals surface area contributed by atoms with Crippen LogP contribution in [0.3, 0.4) is 0 Å². The van der Waals surface area contributed by atoms with Gasteiger partial charge in [0.25, 0.3) is 10.2 Å². The van der Waals surface area contributed by atoms with Gasteiger partial charge >= 0.3 is 5.97 Å². The second-order valence-electron chi connectivity index (χ2n) is 6.03. The normalized spacial score (nSPS) is 31.0. The number of hydrogen-bond acceptors (Lipinski definition) is 5. The highest BCUT2D eigenvalue weighted by atomic mass is 32.2. The monoisotopic (exact) mass is 335 g/mol. The van der Waals surface area contributed by atoms with Crippen LogP contribution in [0.15, 0.2) is 0 Å². The van der Waals surface area contributed by atoms with Crippen molar-refractivity contribution in [2.45, 2.75) is 39.0 Å². The van der Waals surface area contributed by atoms with Gasteiger partial charge in [-0.05, 0) is 20.8 Å². The third-order valence-electron chi connectivity index (χ3n) is 4.22. The van der Waals surface area contributed by atoms with E-state index in [-0.39, 0.29) is 12.2 Å². The Morgan fingerprint density at radius 2 is 1.59 bits per heavy atom. The largest absolute Gasteiger partial charge is 0.480 e. The first-order valence-corrected chi connectivity index (χ1v) is 8.99. The van der Waals surface area contributed by atoms with Gasteiger partial charge in [0.05, 0.1) is 12.2 Å². The molecule has 2 aliphatic rings. The molecular formula is C13H25N3O5S. The molecular weight excluding hydrogens is 310 g/mol. The van der Waals surface area contributed by atoms with E-state index in [1.807, 2.05) is 13.8 Å². The van der Waals surface area contributed by atoms with Crippen molar-refractivity contribution in [1.29, 1.82) is 0 Å². The standard InChI is InChI=1S/C13H25N3O5S/c1-10-8-16(9-11(2)21-10)22(19,20)15-6-4-14(5-7-15)12(3)13(17)18/h10-12H,4-9H2,1-3H3,(H,17,18)/t10-,11-,12+/m1/s1. The van der Waals surface area contributed by atoms with Crippen LogP contribution in [0.2, 0.25) is 0 Å². The average molecular weight is 335 g/mol. The molecule has 0 aromatic heterocycles. The molecule has 9 heteroatoms. The van der Waals surface area contributed by atoms with Crippen molar-refractivity contribution in [2.24, 2.45) is 0 Å². The molecule has 8 nitrogen and oxygen atoms in total. The van der Waals surface area contributed by atoms with Crippen molar-refractivity contribution in [3.05, 3.63) is 0 Å². The van der Waals surface area contributed by atoms with Crippen molar-refractivity contribution in [1.82, 2.24) is 13.5 Å². The van der Waals surface area contributed by atoms with Crippen LogP contribution in [0.1, 0.15) is 20.8 Å². The fourth-order valence-corrected chi connectivity index (χ4v) is 4.71. The third kappa shape index (κ3) is 3.77. The second-order valence-corrected chi connectivity index (χ2v) is 7.96. The predicted octanol–water partition coefficient (Wildman–Crippen LogP) is -0.569. The Morgan fingerprint density at radius 3 is 2.05 bits per heavy atom. The Balaban J connectivity index is 1.99. The molecule has 0 unspecified atom stereocenters. The Bertz CT molecular complexity index is 494. The van der Waals surface area contributed by atoms with Gasteiger partial charge in [-0.3, -0.25) is 9.69 Å². The van der Waals surface area contributed by atoms with Crippen LogP contribution in [-0.2, 0) is 19.7 Å². The molecule has 0 bridgehead atoms. The van der Waals surface area contributed by atoms with E-state index < -0.39 is 22.2 Å². The Kier molecular flexibility index (Phi) is 5.44. The summed E-state index contributed by atoms with van der Waals surface area (Å²) in [5, 5.41) is 9.03. The smallest absolute Gasteiger partial charge is 0.320 e. The Labute approximate surface area is 131 Å². The average Bonchev–Trinajstić information content (AvgIpc) is 2.45. The highest BCUT2D eigenvalue weighted by Crippen LogP contribution is 2.19. The van der Waals surface area contributed by atoms with Gasteiger partial charge in [-0.2, -0.15) is 17.0 Å². The van der Waals surface area contributed by atoms with E-state index in [9.17, 15) is 13.2 Å². The van der Waals surface area contributed by atoms with Gasteiger partial charge in [-0.25, -0.2) is 0 Å². The molecule has 0 spiro atoms. The number of piperazine rings is 1. The Hall–Kier alpha value is -0.740. The molecule has 0 aromatic rings. The van der Waals surface area contributed by atoms with Gasteiger partial charge in [-0.15, -0.1) is 0 Å². The molecule has 3 atom stereocenters. The van der Waals surface area contributed by atoms with Gasteiger partial charge < -0.3 is 9.84 Å². The summed E-state index contributed by atoms with van der Waals surface area (Å²) in [7, 11) is -3.51. The fraction of sp³-hybridized carbons (Fsp3) is 0.923. The van der Waals surface area contributed by atoms with Crippen LogP contribution in [0.5, 0.6) is 0 Å². The SMILES string of the molecule is C[C@@H]1CN(S(=O)(=O)N2CCN([C@@H](C)C(=O)O)CC2)C[C@@H](C)O1. The molecule has 2 heterocycles. The second kappa shape index (κ2) is 6.79. The van der Waals surface area contributed by atoms with E-state index in [1.165, 1.54) is 8.61 Å². The van der Waals surface area contributed by atoms with Crippen LogP contribution in [0, 0.1) is 0 Å². The Morgan fingerprint density at radius 1 is 1.09 bits per heavy atom. The van der Waals surface area contributed by atoms with Gasteiger partial charge in [0, 0.05) is 39.3 Å². The molecule has 0 aliphatic carbocycles. The maximum Gasteiger partial charge on any atom is 0.320 e. The number of rotatable bonds is 4. The summed E-state index contributed by atoms with van der Waals surface area (Å²) in [5.41, 5.74) is 0. The van der Waals surface area contributed by atoms with E-state index >= 15 is 0 Å². The molecule has 2 aliphatic heterocycles. The number of hydrogen-bond donors (Lipinski definition) is 1. The zero-order valence-corrected chi connectivity index (χ0v) is 14.1. The summed E-state index contributed by atoms with van der Waals surface area (Å²) in [6.45, 7) is 7.58. The minimum Gasteiger partial charge on any atom is -0.480 e. The highest BCUT2D eigenvalue weighted by molar-refractivity contribution is 7.86. The molecule has 0 radical (unpaired) electrons. The molecule has 1 N–H and O–H groups in total. The van der Waals surface area contributed by atoms with Crippen molar-refractivity contribution >= 4 is 16.2 Å². The maximum atomic E-state index is 12.7. The first-order chi connectivity index (χ1) is 10.2. The number of ether oxygens (including phenoxy) is 1. The van der Waals surface area contributed by atoms with E-state index in [0.717, 1.165) is 0 Å². The van der Waals surface area contributed by atoms with E-state index in [0.29, 0.717) is 39.3 Å². The molecule has 0 aromatic carbocycles. The lowest BCUT2D eigenvalue weighted by Gasteiger charge is -2.40. The summed E-state index contributed by atoms with van der Waals surface area (Å²) < 4.78 is 33.9. The summed E-state index contributed by atoms with van der Waals surface area (Å²) in [6.07, 6.45) is -0.237. The summed E-state index contributed by atoms with van der Waals surface area (Å²) >= 11 is 0. The minimum absolute atomic E-state index is 0.119. The molecule has 2 rings (SSSR count). The van der Waals surface area contributed by atoms with Gasteiger partial charge in [-0.1, -0.05) is 0 Å². The highest BCUT2D eigenvalue weighted by Gasteiger charge is 2.37. The fourth-order valence-electron chi connectivity index (χ4n) is 2.96. The van der Waals surface area contributed by atoms with Crippen molar-refractivity contribution in [3.8, 4) is 0 Å².